The number of hydrogen-bond donors (Lipinski definition) is 0. The molecule has 2 nitrogen and oxygen atoms in total. The van der Waals surface area contributed by atoms with Crippen LogP contribution in [0, 0.1) is 186 Å². The number of rotatable bonds is 10. The highest BCUT2D eigenvalue weighted by Crippen LogP contribution is 2.34. The molecule has 0 saturated heterocycles. The Labute approximate surface area is 386 Å². The quantitative estimate of drug-likeness (QED) is 0.0341. The van der Waals surface area contributed by atoms with Gasteiger partial charge in [0.1, 0.15) is 76.1 Å². The second-order valence-corrected chi connectivity index (χ2v) is 14.5. The zero-order chi connectivity index (χ0) is 56.2. The Hall–Kier alpha value is -7.17. The summed E-state index contributed by atoms with van der Waals surface area (Å²) in [5.41, 5.74) is -23.4. The summed E-state index contributed by atoms with van der Waals surface area (Å²) in [5, 5.41) is 0. The van der Waals surface area contributed by atoms with Crippen LogP contribution in [0.5, 0.6) is 0 Å². The maximum Gasteiger partial charge on any atom is 0.218 e. The van der Waals surface area contributed by atoms with E-state index in [-0.39, 0.29) is 6.92 Å². The zero-order valence-corrected chi connectivity index (χ0v) is 33.9. The molecule has 0 aliphatic carbocycles. The average molecular weight is 1110 g/mol. The molecule has 0 amide bonds. The van der Waals surface area contributed by atoms with Gasteiger partial charge in [-0.3, -0.25) is 0 Å². The lowest BCUT2D eigenvalue weighted by Gasteiger charge is -2.51. The van der Waals surface area contributed by atoms with Crippen molar-refractivity contribution in [2.45, 2.75) is 13.2 Å². The fourth-order valence-corrected chi connectivity index (χ4v) is 7.74. The van der Waals surface area contributed by atoms with Crippen LogP contribution in [-0.2, 0) is 9.31 Å². The van der Waals surface area contributed by atoms with Gasteiger partial charge in [-0.25, -0.2) is 132 Å². The standard InChI is InChI=1S/C40H4B2F30O2/c1-2-3-4(73-41(5-11(43)23(55)35(67)24(56)12(5)44,6-13(45)25(57)36(68)26(58)14(6)46)7-15(47)27(59)37(69)28(60)16(7)48)74-42(8-17(49)29(61)38(70)30(62)18(8)50,9-19(51)31(63)39(71)32(64)20(9)52)10-21(53)33(65)40(72)34(66)22(10)54/h4H,1H3/q-2. The summed E-state index contributed by atoms with van der Waals surface area (Å²) in [7, 11) is 0. The fourth-order valence-electron chi connectivity index (χ4n) is 7.74. The van der Waals surface area contributed by atoms with Gasteiger partial charge in [-0.05, 0) is 6.92 Å². The van der Waals surface area contributed by atoms with Gasteiger partial charge in [0, 0.05) is 0 Å². The fraction of sp³-hybridized carbons (Fsp3) is 0.0500. The molecule has 34 heteroatoms. The summed E-state index contributed by atoms with van der Waals surface area (Å²) in [4.78, 5) is 0. The van der Waals surface area contributed by atoms with Crippen LogP contribution < -0.4 is 32.8 Å². The third kappa shape index (κ3) is 7.65. The average Bonchev–Trinajstić information content (AvgIpc) is 3.36. The lowest BCUT2D eigenvalue weighted by molar-refractivity contribution is 0.0495. The lowest BCUT2D eigenvalue weighted by atomic mass is 9.26. The topological polar surface area (TPSA) is 18.5 Å². The highest BCUT2D eigenvalue weighted by Gasteiger charge is 2.54. The first-order valence-electron chi connectivity index (χ1n) is 18.4. The predicted molar refractivity (Wildman–Crippen MR) is 186 cm³/mol. The largest absolute Gasteiger partial charge is 0.549 e. The van der Waals surface area contributed by atoms with E-state index in [9.17, 15) is 26.3 Å². The van der Waals surface area contributed by atoms with Crippen molar-refractivity contribution in [1.82, 2.24) is 0 Å². The van der Waals surface area contributed by atoms with E-state index >= 15 is 105 Å². The van der Waals surface area contributed by atoms with Crippen LogP contribution in [0.3, 0.4) is 0 Å². The van der Waals surface area contributed by atoms with Crippen LogP contribution in [0.25, 0.3) is 0 Å². The molecule has 0 N–H and O–H groups in total. The maximum absolute atomic E-state index is 16.3. The number of halogens is 30. The van der Waals surface area contributed by atoms with Crippen LogP contribution in [-0.4, -0.2) is 19.0 Å². The Morgan fingerprint density at radius 2 is 0.324 bits per heavy atom. The molecule has 74 heavy (non-hydrogen) atoms. The van der Waals surface area contributed by atoms with Gasteiger partial charge in [0.25, 0.3) is 0 Å². The number of hydrogen-bond acceptors (Lipinski definition) is 2. The Kier molecular flexibility index (Phi) is 14.6. The normalized spacial score (nSPS) is 12.1. The van der Waals surface area contributed by atoms with Crippen molar-refractivity contribution < 1.29 is 141 Å². The first kappa shape index (κ1) is 56.1. The van der Waals surface area contributed by atoms with Crippen LogP contribution in [0.4, 0.5) is 132 Å². The molecule has 0 unspecified atom stereocenters. The molecule has 0 atom stereocenters. The molecule has 0 aromatic heterocycles. The van der Waals surface area contributed by atoms with Crippen molar-refractivity contribution in [3.05, 3.63) is 175 Å². The molecular formula is C40H4B2F30O2-2. The summed E-state index contributed by atoms with van der Waals surface area (Å²) in [6.07, 6.45) is -20.6. The molecule has 0 aliphatic heterocycles. The monoisotopic (exact) mass is 1110 g/mol. The molecule has 394 valence electrons. The lowest BCUT2D eigenvalue weighted by Crippen LogP contribution is -2.79. The van der Waals surface area contributed by atoms with Gasteiger partial charge < -0.3 is 9.31 Å². The molecule has 0 bridgehead atoms. The van der Waals surface area contributed by atoms with E-state index in [1.807, 2.05) is 0 Å². The van der Waals surface area contributed by atoms with Crippen molar-refractivity contribution in [3.8, 4) is 11.8 Å². The minimum absolute atomic E-state index is 0.0630. The molecule has 6 aromatic carbocycles. The second-order valence-electron chi connectivity index (χ2n) is 14.5. The van der Waals surface area contributed by atoms with E-state index in [2.05, 4.69) is 9.31 Å². The number of benzene rings is 6. The summed E-state index contributed by atoms with van der Waals surface area (Å²) in [6.45, 7) is 0.0630. The summed E-state index contributed by atoms with van der Waals surface area (Å²) < 4.78 is 475. The molecule has 6 rings (SSSR count). The van der Waals surface area contributed by atoms with E-state index in [0.717, 1.165) is 11.8 Å². The minimum Gasteiger partial charge on any atom is -0.549 e. The van der Waals surface area contributed by atoms with Crippen molar-refractivity contribution >= 4 is 45.5 Å². The first-order valence-corrected chi connectivity index (χ1v) is 18.4. The highest BCUT2D eigenvalue weighted by atomic mass is 19.2. The summed E-state index contributed by atoms with van der Waals surface area (Å²) >= 11 is 0. The van der Waals surface area contributed by atoms with Crippen LogP contribution >= 0.6 is 0 Å². The minimum atomic E-state index is -7.77. The van der Waals surface area contributed by atoms with Gasteiger partial charge in [-0.15, -0.1) is 5.92 Å². The predicted octanol–water partition coefficient (Wildman–Crippen LogP) is 8.88. The van der Waals surface area contributed by atoms with Gasteiger partial charge in [-0.2, -0.15) is 0 Å². The smallest absolute Gasteiger partial charge is 0.218 e. The third-order valence-corrected chi connectivity index (χ3v) is 10.8. The molecule has 6 aromatic rings. The van der Waals surface area contributed by atoms with Crippen LogP contribution in [0.2, 0.25) is 0 Å². The van der Waals surface area contributed by atoms with Crippen molar-refractivity contribution in [1.29, 1.82) is 0 Å². The second kappa shape index (κ2) is 19.3. The highest BCUT2D eigenvalue weighted by molar-refractivity contribution is 7.08. The van der Waals surface area contributed by atoms with E-state index in [0.29, 0.717) is 0 Å². The molecule has 0 radical (unpaired) electrons. The Bertz CT molecular complexity index is 2790. The van der Waals surface area contributed by atoms with Crippen molar-refractivity contribution in [3.63, 3.8) is 0 Å². The van der Waals surface area contributed by atoms with Crippen LogP contribution in [0.15, 0.2) is 0 Å². The molecule has 0 saturated carbocycles. The van der Waals surface area contributed by atoms with E-state index < -0.39 is 226 Å². The van der Waals surface area contributed by atoms with Gasteiger partial charge in [-0.1, -0.05) is 38.7 Å². The Balaban J connectivity index is 2.07. The van der Waals surface area contributed by atoms with Crippen molar-refractivity contribution in [2.75, 3.05) is 0 Å². The van der Waals surface area contributed by atoms with E-state index in [4.69, 9.17) is 0 Å². The molecule has 0 heterocycles. The first-order chi connectivity index (χ1) is 34.2. The molecule has 0 spiro atoms. The third-order valence-electron chi connectivity index (χ3n) is 10.8. The SMILES string of the molecule is CC#CC(O[B-](c1c(F)c(F)c(F)c(F)c1F)(c1c(F)c(F)c(F)c(F)c1F)c1c(F)c(F)c(F)c(F)c1F)O[B-](c1c(F)c(F)c(F)c(F)c1F)(c1c(F)c(F)c(F)c(F)c1F)c1c(F)c(F)c(F)c(F)c1F. The molecular weight excluding hydrogens is 1100 g/mol. The van der Waals surface area contributed by atoms with Crippen molar-refractivity contribution in [2.24, 2.45) is 0 Å². The van der Waals surface area contributed by atoms with Crippen LogP contribution in [0.1, 0.15) is 6.92 Å². The van der Waals surface area contributed by atoms with Gasteiger partial charge in [0.05, 0.1) is 0 Å². The summed E-state index contributed by atoms with van der Waals surface area (Å²) in [5.74, 6) is -114. The Morgan fingerprint density at radius 3 is 0.432 bits per heavy atom. The van der Waals surface area contributed by atoms with Gasteiger partial charge in [0.15, 0.2) is 105 Å². The zero-order valence-electron chi connectivity index (χ0n) is 33.9. The van der Waals surface area contributed by atoms with E-state index in [1.165, 1.54) is 0 Å². The van der Waals surface area contributed by atoms with Gasteiger partial charge >= 0.3 is 0 Å². The van der Waals surface area contributed by atoms with Gasteiger partial charge in [0.2, 0.25) is 12.7 Å². The maximum atomic E-state index is 16.3. The molecule has 0 fully saturated rings. The Morgan fingerprint density at radius 1 is 0.216 bits per heavy atom. The van der Waals surface area contributed by atoms with E-state index in [1.54, 1.807) is 0 Å². The summed E-state index contributed by atoms with van der Waals surface area (Å²) in [6, 6.07) is 0. The molecule has 0 aliphatic rings.